The lowest BCUT2D eigenvalue weighted by Gasteiger charge is -2.03. The van der Waals surface area contributed by atoms with Crippen LogP contribution in [0.2, 0.25) is 0 Å². The number of anilines is 2. The summed E-state index contributed by atoms with van der Waals surface area (Å²) < 4.78 is 1.78. The van der Waals surface area contributed by atoms with Crippen molar-refractivity contribution in [3.63, 3.8) is 0 Å². The molecule has 2 aromatic heterocycles. The van der Waals surface area contributed by atoms with Gasteiger partial charge in [0.25, 0.3) is 0 Å². The first-order valence-electron chi connectivity index (χ1n) is 8.46. The Morgan fingerprint density at radius 1 is 1.15 bits per heavy atom. The lowest BCUT2D eigenvalue weighted by atomic mass is 10.1. The maximum absolute atomic E-state index is 12.4. The monoisotopic (exact) mass is 383 g/mol. The zero-order valence-electron chi connectivity index (χ0n) is 15.7. The molecule has 0 spiro atoms. The Kier molecular flexibility index (Phi) is 5.36. The first-order chi connectivity index (χ1) is 12.8. The van der Waals surface area contributed by atoms with E-state index in [-0.39, 0.29) is 18.2 Å². The average molecular weight is 383 g/mol. The van der Waals surface area contributed by atoms with Gasteiger partial charge in [0.1, 0.15) is 0 Å². The number of carbonyl (C=O) groups excluding carboxylic acids is 2. The van der Waals surface area contributed by atoms with Gasteiger partial charge in [-0.25, -0.2) is 4.98 Å². The summed E-state index contributed by atoms with van der Waals surface area (Å²) >= 11 is 1.38. The molecule has 7 nitrogen and oxygen atoms in total. The van der Waals surface area contributed by atoms with E-state index in [0.29, 0.717) is 5.13 Å². The molecule has 0 saturated carbocycles. The van der Waals surface area contributed by atoms with Gasteiger partial charge in [-0.2, -0.15) is 5.10 Å². The van der Waals surface area contributed by atoms with Crippen LogP contribution < -0.4 is 10.6 Å². The first kappa shape index (κ1) is 18.8. The van der Waals surface area contributed by atoms with Gasteiger partial charge < -0.3 is 10.6 Å². The number of thiazole rings is 1. The summed E-state index contributed by atoms with van der Waals surface area (Å²) in [5.74, 6) is -0.225. The van der Waals surface area contributed by atoms with Crippen LogP contribution in [0.25, 0.3) is 11.3 Å². The summed E-state index contributed by atoms with van der Waals surface area (Å²) in [5, 5.41) is 12.4. The fourth-order valence-electron chi connectivity index (χ4n) is 2.79. The Bertz CT molecular complexity index is 988. The SMILES string of the molecule is CC(=O)Nc1ccc(-c2csc(NC(=O)Cc3c(C)nn(C)c3C)n2)cc1. The van der Waals surface area contributed by atoms with Crippen molar-refractivity contribution in [3.05, 3.63) is 46.6 Å². The lowest BCUT2D eigenvalue weighted by Crippen LogP contribution is -2.15. The molecule has 0 aliphatic heterocycles. The second kappa shape index (κ2) is 7.71. The minimum absolute atomic E-state index is 0.111. The molecule has 27 heavy (non-hydrogen) atoms. The minimum atomic E-state index is -0.115. The van der Waals surface area contributed by atoms with Gasteiger partial charge in [0, 0.05) is 41.9 Å². The summed E-state index contributed by atoms with van der Waals surface area (Å²) in [4.78, 5) is 27.9. The van der Waals surface area contributed by atoms with E-state index in [1.165, 1.54) is 18.3 Å². The summed E-state index contributed by atoms with van der Waals surface area (Å²) in [6.45, 7) is 5.33. The molecule has 2 amide bonds. The molecule has 2 N–H and O–H groups in total. The molecule has 3 aromatic rings. The van der Waals surface area contributed by atoms with Crippen LogP contribution in [0, 0.1) is 13.8 Å². The summed E-state index contributed by atoms with van der Waals surface area (Å²) in [5.41, 5.74) is 5.22. The van der Waals surface area contributed by atoms with Crippen molar-refractivity contribution >= 4 is 34.0 Å². The quantitative estimate of drug-likeness (QED) is 0.707. The Balaban J connectivity index is 1.67. The van der Waals surface area contributed by atoms with Crippen LogP contribution >= 0.6 is 11.3 Å². The summed E-state index contributed by atoms with van der Waals surface area (Å²) in [7, 11) is 1.87. The second-order valence-corrected chi connectivity index (χ2v) is 7.15. The highest BCUT2D eigenvalue weighted by molar-refractivity contribution is 7.14. The van der Waals surface area contributed by atoms with Crippen molar-refractivity contribution in [2.45, 2.75) is 27.2 Å². The molecule has 0 aliphatic carbocycles. The number of carbonyl (C=O) groups is 2. The molecule has 0 bridgehead atoms. The minimum Gasteiger partial charge on any atom is -0.326 e. The molecule has 1 aromatic carbocycles. The van der Waals surface area contributed by atoms with Crippen molar-refractivity contribution in [1.82, 2.24) is 14.8 Å². The van der Waals surface area contributed by atoms with E-state index in [1.807, 2.05) is 50.5 Å². The van der Waals surface area contributed by atoms with Crippen molar-refractivity contribution in [2.24, 2.45) is 7.05 Å². The van der Waals surface area contributed by atoms with E-state index in [2.05, 4.69) is 20.7 Å². The predicted molar refractivity (Wildman–Crippen MR) is 107 cm³/mol. The molecule has 8 heteroatoms. The molecule has 0 saturated heterocycles. The Labute approximate surface area is 161 Å². The molecule has 0 radical (unpaired) electrons. The number of aryl methyl sites for hydroxylation is 2. The number of aromatic nitrogens is 3. The number of nitrogens with one attached hydrogen (secondary N) is 2. The van der Waals surface area contributed by atoms with Crippen molar-refractivity contribution in [1.29, 1.82) is 0 Å². The normalized spacial score (nSPS) is 10.7. The Morgan fingerprint density at radius 2 is 1.85 bits per heavy atom. The zero-order chi connectivity index (χ0) is 19.6. The lowest BCUT2D eigenvalue weighted by molar-refractivity contribution is -0.116. The Morgan fingerprint density at radius 3 is 2.44 bits per heavy atom. The Hall–Kier alpha value is -3.00. The maximum atomic E-state index is 12.4. The number of benzene rings is 1. The van der Waals surface area contributed by atoms with Gasteiger partial charge in [0.05, 0.1) is 17.8 Å². The van der Waals surface area contributed by atoms with Gasteiger partial charge in [-0.1, -0.05) is 12.1 Å². The average Bonchev–Trinajstić information content (AvgIpc) is 3.15. The maximum Gasteiger partial charge on any atom is 0.230 e. The molecule has 0 fully saturated rings. The van der Waals surface area contributed by atoms with Gasteiger partial charge in [-0.05, 0) is 26.0 Å². The van der Waals surface area contributed by atoms with E-state index in [4.69, 9.17) is 0 Å². The van der Waals surface area contributed by atoms with E-state index in [0.717, 1.165) is 33.9 Å². The summed E-state index contributed by atoms with van der Waals surface area (Å²) in [6, 6.07) is 7.41. The third-order valence-electron chi connectivity index (χ3n) is 4.25. The first-order valence-corrected chi connectivity index (χ1v) is 9.34. The van der Waals surface area contributed by atoms with Crippen molar-refractivity contribution in [2.75, 3.05) is 10.6 Å². The smallest absolute Gasteiger partial charge is 0.230 e. The van der Waals surface area contributed by atoms with Crippen LogP contribution in [0.15, 0.2) is 29.6 Å². The van der Waals surface area contributed by atoms with Crippen LogP contribution in [-0.2, 0) is 23.1 Å². The second-order valence-electron chi connectivity index (χ2n) is 6.29. The van der Waals surface area contributed by atoms with Crippen LogP contribution in [0.1, 0.15) is 23.9 Å². The van der Waals surface area contributed by atoms with Crippen LogP contribution in [-0.4, -0.2) is 26.6 Å². The van der Waals surface area contributed by atoms with Gasteiger partial charge in [0.2, 0.25) is 11.8 Å². The van der Waals surface area contributed by atoms with Gasteiger partial charge in [-0.15, -0.1) is 11.3 Å². The van der Waals surface area contributed by atoms with E-state index < -0.39 is 0 Å². The van der Waals surface area contributed by atoms with E-state index in [1.54, 1.807) is 4.68 Å². The molecule has 3 rings (SSSR count). The van der Waals surface area contributed by atoms with Crippen molar-refractivity contribution < 1.29 is 9.59 Å². The molecule has 2 heterocycles. The predicted octanol–water partition coefficient (Wildman–Crippen LogP) is 3.30. The zero-order valence-corrected chi connectivity index (χ0v) is 16.5. The van der Waals surface area contributed by atoms with Gasteiger partial charge in [-0.3, -0.25) is 14.3 Å². The standard InChI is InChI=1S/C19H21N5O2S/c1-11-16(12(2)24(4)23-11)9-18(26)22-19-21-17(10-27-19)14-5-7-15(8-6-14)20-13(3)25/h5-8,10H,9H2,1-4H3,(H,20,25)(H,21,22,26). The fourth-order valence-corrected chi connectivity index (χ4v) is 3.52. The highest BCUT2D eigenvalue weighted by Gasteiger charge is 2.15. The number of amides is 2. The molecule has 140 valence electrons. The highest BCUT2D eigenvalue weighted by atomic mass is 32.1. The van der Waals surface area contributed by atoms with Gasteiger partial charge >= 0.3 is 0 Å². The van der Waals surface area contributed by atoms with Crippen LogP contribution in [0.3, 0.4) is 0 Å². The number of nitrogens with zero attached hydrogens (tertiary/aromatic N) is 3. The van der Waals surface area contributed by atoms with E-state index in [9.17, 15) is 9.59 Å². The fraction of sp³-hybridized carbons (Fsp3) is 0.263. The third-order valence-corrected chi connectivity index (χ3v) is 5.01. The molecular formula is C19H21N5O2S. The number of rotatable bonds is 5. The molecule has 0 aliphatic rings. The molecular weight excluding hydrogens is 362 g/mol. The highest BCUT2D eigenvalue weighted by Crippen LogP contribution is 2.26. The van der Waals surface area contributed by atoms with E-state index >= 15 is 0 Å². The number of hydrogen-bond acceptors (Lipinski definition) is 5. The summed E-state index contributed by atoms with van der Waals surface area (Å²) in [6.07, 6.45) is 0.270. The topological polar surface area (TPSA) is 88.9 Å². The van der Waals surface area contributed by atoms with Crippen molar-refractivity contribution in [3.8, 4) is 11.3 Å². The largest absolute Gasteiger partial charge is 0.326 e. The van der Waals surface area contributed by atoms with Gasteiger partial charge in [0.15, 0.2) is 5.13 Å². The molecule has 0 atom stereocenters. The number of hydrogen-bond donors (Lipinski definition) is 2. The molecule has 0 unspecified atom stereocenters. The van der Waals surface area contributed by atoms with Crippen LogP contribution in [0.5, 0.6) is 0 Å². The third kappa shape index (κ3) is 4.40. The van der Waals surface area contributed by atoms with Crippen LogP contribution in [0.4, 0.5) is 10.8 Å².